The topological polar surface area (TPSA) is 50.7 Å². The Morgan fingerprint density at radius 2 is 1.76 bits per heavy atom. The summed E-state index contributed by atoms with van der Waals surface area (Å²) in [7, 11) is 0. The fourth-order valence-corrected chi connectivity index (χ4v) is 2.19. The number of nitrogens with one attached hydrogen (secondary N) is 1. The average molecular weight is 278 g/mol. The summed E-state index contributed by atoms with van der Waals surface area (Å²) < 4.78 is 0. The Bertz CT molecular complexity index is 722. The lowest BCUT2D eigenvalue weighted by Crippen LogP contribution is -2.04. The molecule has 0 aliphatic rings. The lowest BCUT2D eigenvalue weighted by atomic mass is 10.1. The van der Waals surface area contributed by atoms with Crippen molar-refractivity contribution in [3.05, 3.63) is 59.9 Å². The molecule has 0 aliphatic heterocycles. The van der Waals surface area contributed by atoms with E-state index in [0.29, 0.717) is 6.42 Å². The Morgan fingerprint density at radius 3 is 2.57 bits per heavy atom. The lowest BCUT2D eigenvalue weighted by Gasteiger charge is -2.05. The van der Waals surface area contributed by atoms with Crippen LogP contribution in [0.4, 0.5) is 5.82 Å². The minimum absolute atomic E-state index is 0.700. The van der Waals surface area contributed by atoms with Crippen LogP contribution in [-0.4, -0.2) is 21.7 Å². The van der Waals surface area contributed by atoms with E-state index in [-0.39, 0.29) is 0 Å². The van der Waals surface area contributed by atoms with Gasteiger partial charge in [0.15, 0.2) is 0 Å². The van der Waals surface area contributed by atoms with E-state index in [1.165, 1.54) is 0 Å². The van der Waals surface area contributed by atoms with Gasteiger partial charge in [-0.3, -0.25) is 4.98 Å². The number of anilines is 1. The van der Waals surface area contributed by atoms with Crippen molar-refractivity contribution < 1.29 is 0 Å². The van der Waals surface area contributed by atoms with Gasteiger partial charge in [0.1, 0.15) is 5.82 Å². The maximum atomic E-state index is 4.66. The number of para-hydroxylation sites is 1. The molecule has 0 spiro atoms. The van der Waals surface area contributed by atoms with Crippen molar-refractivity contribution in [3.8, 4) is 0 Å². The van der Waals surface area contributed by atoms with Crippen LogP contribution in [0.3, 0.4) is 0 Å². The number of nitrogens with zero attached hydrogens (tertiary/aromatic N) is 3. The molecule has 1 N–H and O–H groups in total. The fraction of sp³-hybridized carbons (Fsp3) is 0.235. The van der Waals surface area contributed by atoms with Crippen LogP contribution in [0.5, 0.6) is 0 Å². The van der Waals surface area contributed by atoms with E-state index >= 15 is 0 Å². The maximum Gasteiger partial charge on any atom is 0.148 e. The molecule has 2 heterocycles. The molecule has 0 amide bonds. The molecular formula is C17H18N4. The van der Waals surface area contributed by atoms with E-state index in [2.05, 4.69) is 39.6 Å². The number of pyridine rings is 1. The van der Waals surface area contributed by atoms with E-state index < -0.39 is 0 Å². The van der Waals surface area contributed by atoms with Gasteiger partial charge in [-0.15, -0.1) is 5.10 Å². The third-order valence-electron chi connectivity index (χ3n) is 3.29. The van der Waals surface area contributed by atoms with Crippen LogP contribution in [0.2, 0.25) is 0 Å². The number of fused-ring (bicyclic) bond motifs is 1. The molecule has 1 aromatic carbocycles. The van der Waals surface area contributed by atoms with Crippen LogP contribution < -0.4 is 5.32 Å². The van der Waals surface area contributed by atoms with Gasteiger partial charge in [-0.05, 0) is 30.7 Å². The van der Waals surface area contributed by atoms with E-state index in [1.54, 1.807) is 0 Å². The summed E-state index contributed by atoms with van der Waals surface area (Å²) in [4.78, 5) is 4.66. The van der Waals surface area contributed by atoms with Gasteiger partial charge in [-0.2, -0.15) is 5.10 Å². The van der Waals surface area contributed by atoms with Crippen LogP contribution in [0.25, 0.3) is 10.9 Å². The largest absolute Gasteiger partial charge is 0.369 e. The highest BCUT2D eigenvalue weighted by molar-refractivity contribution is 5.78. The molecule has 0 saturated carbocycles. The molecule has 3 aromatic rings. The van der Waals surface area contributed by atoms with Crippen LogP contribution in [0, 0.1) is 0 Å². The fourth-order valence-electron chi connectivity index (χ4n) is 2.19. The van der Waals surface area contributed by atoms with Crippen LogP contribution in [0.1, 0.15) is 24.7 Å². The molecule has 0 bridgehead atoms. The second-order valence-electron chi connectivity index (χ2n) is 5.01. The van der Waals surface area contributed by atoms with Crippen LogP contribution in [0.15, 0.2) is 48.5 Å². The van der Waals surface area contributed by atoms with Crippen molar-refractivity contribution >= 4 is 16.7 Å². The van der Waals surface area contributed by atoms with Crippen molar-refractivity contribution in [1.29, 1.82) is 0 Å². The summed E-state index contributed by atoms with van der Waals surface area (Å²) >= 11 is 0. The molecule has 0 fully saturated rings. The smallest absolute Gasteiger partial charge is 0.148 e. The van der Waals surface area contributed by atoms with Gasteiger partial charge in [0.25, 0.3) is 0 Å². The zero-order chi connectivity index (χ0) is 14.5. The van der Waals surface area contributed by atoms with Gasteiger partial charge in [-0.1, -0.05) is 31.2 Å². The summed E-state index contributed by atoms with van der Waals surface area (Å²) in [6, 6.07) is 16.3. The van der Waals surface area contributed by atoms with Crippen molar-refractivity contribution in [2.75, 3.05) is 11.9 Å². The molecule has 0 atom stereocenters. The normalized spacial score (nSPS) is 10.7. The van der Waals surface area contributed by atoms with Crippen molar-refractivity contribution in [2.45, 2.75) is 19.8 Å². The highest BCUT2D eigenvalue weighted by Gasteiger charge is 2.02. The average Bonchev–Trinajstić information content (AvgIpc) is 2.54. The van der Waals surface area contributed by atoms with Gasteiger partial charge >= 0.3 is 0 Å². The molecule has 0 unspecified atom stereocenters. The highest BCUT2D eigenvalue weighted by Crippen LogP contribution is 2.14. The number of benzene rings is 1. The van der Waals surface area contributed by atoms with Crippen molar-refractivity contribution in [1.82, 2.24) is 15.2 Å². The summed E-state index contributed by atoms with van der Waals surface area (Å²) in [5.41, 5.74) is 2.96. The third kappa shape index (κ3) is 3.34. The lowest BCUT2D eigenvalue weighted by molar-refractivity contribution is 0.901. The predicted octanol–water partition coefficient (Wildman–Crippen LogP) is 3.44. The SMILES string of the molecule is CCCNc1ccc(Cc2ccc3ccccc3n2)nn1. The summed E-state index contributed by atoms with van der Waals surface area (Å²) in [5, 5.41) is 12.8. The minimum atomic E-state index is 0.700. The predicted molar refractivity (Wildman–Crippen MR) is 85.4 cm³/mol. The van der Waals surface area contributed by atoms with E-state index in [1.807, 2.05) is 36.4 Å². The highest BCUT2D eigenvalue weighted by atomic mass is 15.2. The molecule has 2 aromatic heterocycles. The van der Waals surface area contributed by atoms with E-state index in [4.69, 9.17) is 0 Å². The molecule has 21 heavy (non-hydrogen) atoms. The van der Waals surface area contributed by atoms with Crippen molar-refractivity contribution in [3.63, 3.8) is 0 Å². The standard InChI is InChI=1S/C17H18N4/c1-2-11-18-17-10-9-15(20-21-17)12-14-8-7-13-5-3-4-6-16(13)19-14/h3-10H,2,11-12H2,1H3,(H,18,21). The van der Waals surface area contributed by atoms with Crippen molar-refractivity contribution in [2.24, 2.45) is 0 Å². The number of aromatic nitrogens is 3. The van der Waals surface area contributed by atoms with Gasteiger partial charge in [0.2, 0.25) is 0 Å². The molecule has 0 aliphatic carbocycles. The van der Waals surface area contributed by atoms with Gasteiger partial charge in [-0.25, -0.2) is 0 Å². The van der Waals surface area contributed by atoms with Crippen LogP contribution >= 0.6 is 0 Å². The second kappa shape index (κ2) is 6.31. The zero-order valence-electron chi connectivity index (χ0n) is 12.1. The Labute approximate surface area is 124 Å². The molecule has 106 valence electrons. The Kier molecular flexibility index (Phi) is 4.05. The molecule has 0 radical (unpaired) electrons. The molecule has 0 saturated heterocycles. The monoisotopic (exact) mass is 278 g/mol. The van der Waals surface area contributed by atoms with Crippen LogP contribution in [-0.2, 0) is 6.42 Å². The molecular weight excluding hydrogens is 260 g/mol. The maximum absolute atomic E-state index is 4.66. The first-order valence-electron chi connectivity index (χ1n) is 7.26. The first-order valence-corrected chi connectivity index (χ1v) is 7.26. The summed E-state index contributed by atoms with van der Waals surface area (Å²) in [6.07, 6.45) is 1.77. The van der Waals surface area contributed by atoms with E-state index in [9.17, 15) is 0 Å². The molecule has 4 heteroatoms. The Morgan fingerprint density at radius 1 is 0.905 bits per heavy atom. The van der Waals surface area contributed by atoms with Gasteiger partial charge in [0.05, 0.1) is 11.2 Å². The molecule has 4 nitrogen and oxygen atoms in total. The number of hydrogen-bond donors (Lipinski definition) is 1. The Balaban J connectivity index is 1.75. The third-order valence-corrected chi connectivity index (χ3v) is 3.29. The van der Waals surface area contributed by atoms with Gasteiger partial charge in [0, 0.05) is 24.0 Å². The number of hydrogen-bond acceptors (Lipinski definition) is 4. The molecule has 3 rings (SSSR count). The van der Waals surface area contributed by atoms with E-state index in [0.717, 1.165) is 41.1 Å². The zero-order valence-corrected chi connectivity index (χ0v) is 12.1. The Hall–Kier alpha value is -2.49. The van der Waals surface area contributed by atoms with Gasteiger partial charge < -0.3 is 5.32 Å². The first-order chi connectivity index (χ1) is 10.3. The second-order valence-corrected chi connectivity index (χ2v) is 5.01. The summed E-state index contributed by atoms with van der Waals surface area (Å²) in [6.45, 7) is 3.04. The number of rotatable bonds is 5. The first kappa shape index (κ1) is 13.5. The quantitative estimate of drug-likeness (QED) is 0.776. The minimum Gasteiger partial charge on any atom is -0.369 e. The summed E-state index contributed by atoms with van der Waals surface area (Å²) in [5.74, 6) is 0.826.